The van der Waals surface area contributed by atoms with Gasteiger partial charge in [0.15, 0.2) is 0 Å². The molecular formula is C4H7N3O6. The monoisotopic (exact) mass is 193 g/mol. The molecule has 1 aromatic rings. The number of hydrogen-bond donors (Lipinski definition) is 2. The molecule has 1 atom stereocenters. The van der Waals surface area contributed by atoms with Gasteiger partial charge in [0.05, 0.1) is 12.7 Å². The molecule has 74 valence electrons. The van der Waals surface area contributed by atoms with Crippen molar-refractivity contribution < 1.29 is 30.4 Å². The molecule has 1 aromatic heterocycles. The Hall–Kier alpha value is -1.10. The van der Waals surface area contributed by atoms with Crippen LogP contribution in [0.3, 0.4) is 0 Å². The van der Waals surface area contributed by atoms with Crippen molar-refractivity contribution in [2.24, 2.45) is 0 Å². The van der Waals surface area contributed by atoms with E-state index in [1.54, 1.807) is 0 Å². The molecule has 0 fully saturated rings. The topological polar surface area (TPSA) is 108 Å². The van der Waals surface area contributed by atoms with Gasteiger partial charge in [-0.05, 0) is 15.1 Å². The molecule has 0 bridgehead atoms. The fraction of sp³-hybridized carbons (Fsp3) is 0.500. The molecule has 0 aromatic carbocycles. The third kappa shape index (κ3) is 3.89. The van der Waals surface area contributed by atoms with Gasteiger partial charge in [-0.25, -0.2) is 9.94 Å². The molecule has 0 aliphatic rings. The average Bonchev–Trinajstić information content (AvgIpc) is 2.57. The number of aliphatic hydroxyl groups is 1. The molecule has 1 heterocycles. The lowest BCUT2D eigenvalue weighted by atomic mass is 10.6. The van der Waals surface area contributed by atoms with Crippen LogP contribution < -0.4 is 0 Å². The van der Waals surface area contributed by atoms with Crippen molar-refractivity contribution in [2.45, 2.75) is 12.8 Å². The quantitative estimate of drug-likeness (QED) is 0.253. The number of hydrogen-bond acceptors (Lipinski definition) is 8. The van der Waals surface area contributed by atoms with Gasteiger partial charge in [0.25, 0.3) is 0 Å². The first-order chi connectivity index (χ1) is 6.33. The second-order valence-electron chi connectivity index (χ2n) is 1.89. The van der Waals surface area contributed by atoms with Crippen molar-refractivity contribution in [3.63, 3.8) is 0 Å². The molecule has 0 aliphatic carbocycles. The van der Waals surface area contributed by atoms with Crippen molar-refractivity contribution in [3.8, 4) is 0 Å². The molecule has 1 unspecified atom stereocenters. The number of aliphatic hydroxyl groups excluding tert-OH is 1. The molecular weight excluding hydrogens is 186 g/mol. The molecule has 1 rings (SSSR count). The zero-order chi connectivity index (χ0) is 9.52. The standard InChI is InChI=1S/C4H7N3O6/c8-4(10-12-13-11-9)3-7-2-1-5-6-7/h1-2,4,8-9H,3H2. The molecule has 0 radical (unpaired) electrons. The molecule has 9 nitrogen and oxygen atoms in total. The third-order valence-corrected chi connectivity index (χ3v) is 1.02. The van der Waals surface area contributed by atoms with E-state index in [0.29, 0.717) is 0 Å². The van der Waals surface area contributed by atoms with E-state index in [-0.39, 0.29) is 6.54 Å². The van der Waals surface area contributed by atoms with Gasteiger partial charge in [-0.15, -0.1) is 5.10 Å². The summed E-state index contributed by atoms with van der Waals surface area (Å²) in [7, 11) is 0. The van der Waals surface area contributed by atoms with Gasteiger partial charge < -0.3 is 5.11 Å². The Bertz CT molecular complexity index is 216. The van der Waals surface area contributed by atoms with Crippen LogP contribution in [0.5, 0.6) is 0 Å². The zero-order valence-corrected chi connectivity index (χ0v) is 6.31. The highest BCUT2D eigenvalue weighted by atomic mass is 17.8. The van der Waals surface area contributed by atoms with Crippen molar-refractivity contribution in [2.75, 3.05) is 0 Å². The Kier molecular flexibility index (Phi) is 4.25. The van der Waals surface area contributed by atoms with Gasteiger partial charge in [0, 0.05) is 6.20 Å². The Morgan fingerprint density at radius 1 is 1.46 bits per heavy atom. The molecule has 13 heavy (non-hydrogen) atoms. The highest BCUT2D eigenvalue weighted by Crippen LogP contribution is 1.93. The maximum Gasteiger partial charge on any atom is 0.211 e. The minimum Gasteiger partial charge on any atom is -0.364 e. The molecule has 2 N–H and O–H groups in total. The van der Waals surface area contributed by atoms with Gasteiger partial charge in [-0.3, -0.25) is 0 Å². The van der Waals surface area contributed by atoms with E-state index in [1.807, 2.05) is 0 Å². The molecule has 0 saturated carbocycles. The smallest absolute Gasteiger partial charge is 0.211 e. The summed E-state index contributed by atoms with van der Waals surface area (Å²) in [4.78, 5) is 4.12. The largest absolute Gasteiger partial charge is 0.364 e. The van der Waals surface area contributed by atoms with Gasteiger partial charge in [0.2, 0.25) is 6.29 Å². The van der Waals surface area contributed by atoms with Crippen LogP contribution >= 0.6 is 0 Å². The summed E-state index contributed by atoms with van der Waals surface area (Å²) in [6.07, 6.45) is 1.62. The predicted octanol–water partition coefficient (Wildman–Crippen LogP) is -1.12. The zero-order valence-electron chi connectivity index (χ0n) is 6.31. The second-order valence-corrected chi connectivity index (χ2v) is 1.89. The Morgan fingerprint density at radius 2 is 2.31 bits per heavy atom. The highest BCUT2D eigenvalue weighted by molar-refractivity contribution is 4.63. The van der Waals surface area contributed by atoms with Crippen molar-refractivity contribution in [3.05, 3.63) is 12.4 Å². The van der Waals surface area contributed by atoms with E-state index in [9.17, 15) is 0 Å². The van der Waals surface area contributed by atoms with Crippen LogP contribution in [0.25, 0.3) is 0 Å². The van der Waals surface area contributed by atoms with Crippen LogP contribution in [0.2, 0.25) is 0 Å². The molecule has 9 heteroatoms. The van der Waals surface area contributed by atoms with Crippen molar-refractivity contribution >= 4 is 0 Å². The summed E-state index contributed by atoms with van der Waals surface area (Å²) in [5.74, 6) is 0. The fourth-order valence-corrected chi connectivity index (χ4v) is 0.594. The first-order valence-corrected chi connectivity index (χ1v) is 3.15. The van der Waals surface area contributed by atoms with Gasteiger partial charge in [-0.2, -0.15) is 4.89 Å². The van der Waals surface area contributed by atoms with Crippen molar-refractivity contribution in [1.29, 1.82) is 0 Å². The van der Waals surface area contributed by atoms with Gasteiger partial charge in [0.1, 0.15) is 0 Å². The average molecular weight is 193 g/mol. The molecule has 0 aliphatic heterocycles. The fourth-order valence-electron chi connectivity index (χ4n) is 0.594. The Labute approximate surface area is 71.7 Å². The third-order valence-electron chi connectivity index (χ3n) is 1.02. The van der Waals surface area contributed by atoms with E-state index >= 15 is 0 Å². The van der Waals surface area contributed by atoms with E-state index < -0.39 is 6.29 Å². The minimum atomic E-state index is -1.32. The lowest BCUT2D eigenvalue weighted by Gasteiger charge is -2.06. The SMILES string of the molecule is OOOOOC(O)Cn1ccnn1. The van der Waals surface area contributed by atoms with Crippen LogP contribution in [-0.4, -0.2) is 31.6 Å². The van der Waals surface area contributed by atoms with E-state index in [1.165, 1.54) is 17.1 Å². The lowest BCUT2D eigenvalue weighted by Crippen LogP contribution is -2.20. The molecule has 0 spiro atoms. The van der Waals surface area contributed by atoms with E-state index in [2.05, 4.69) is 30.3 Å². The van der Waals surface area contributed by atoms with Gasteiger partial charge in [-0.1, -0.05) is 5.21 Å². The summed E-state index contributed by atoms with van der Waals surface area (Å²) in [5.41, 5.74) is 0. The number of aromatic nitrogens is 3. The summed E-state index contributed by atoms with van der Waals surface area (Å²) < 4.78 is 1.30. The first kappa shape index (κ1) is 9.98. The maximum atomic E-state index is 8.99. The Balaban J connectivity index is 2.14. The Morgan fingerprint density at radius 3 is 2.92 bits per heavy atom. The molecule has 0 saturated heterocycles. The van der Waals surface area contributed by atoms with Crippen LogP contribution in [0.4, 0.5) is 0 Å². The summed E-state index contributed by atoms with van der Waals surface area (Å²) >= 11 is 0. The van der Waals surface area contributed by atoms with Crippen LogP contribution in [0.1, 0.15) is 0 Å². The number of nitrogens with zero attached hydrogens (tertiary/aromatic N) is 3. The van der Waals surface area contributed by atoms with Crippen LogP contribution in [0, 0.1) is 0 Å². The summed E-state index contributed by atoms with van der Waals surface area (Å²) in [6.45, 7) is -0.00517. The van der Waals surface area contributed by atoms with E-state index in [4.69, 9.17) is 10.4 Å². The normalized spacial score (nSPS) is 13.1. The first-order valence-electron chi connectivity index (χ1n) is 3.15. The predicted molar refractivity (Wildman–Crippen MR) is 33.0 cm³/mol. The lowest BCUT2D eigenvalue weighted by molar-refractivity contribution is -0.713. The maximum absolute atomic E-state index is 8.99. The van der Waals surface area contributed by atoms with Crippen molar-refractivity contribution in [1.82, 2.24) is 15.0 Å². The van der Waals surface area contributed by atoms with Crippen LogP contribution in [0.15, 0.2) is 12.4 Å². The number of rotatable bonds is 6. The van der Waals surface area contributed by atoms with Gasteiger partial charge >= 0.3 is 0 Å². The van der Waals surface area contributed by atoms with E-state index in [0.717, 1.165) is 0 Å². The second kappa shape index (κ2) is 5.53. The minimum absolute atomic E-state index is 0.00517. The highest BCUT2D eigenvalue weighted by Gasteiger charge is 2.07. The van der Waals surface area contributed by atoms with Crippen LogP contribution in [-0.2, 0) is 26.5 Å². The summed E-state index contributed by atoms with van der Waals surface area (Å²) in [5, 5.41) is 33.8. The molecule has 0 amide bonds. The summed E-state index contributed by atoms with van der Waals surface area (Å²) in [6, 6.07) is 0.